The lowest BCUT2D eigenvalue weighted by Crippen LogP contribution is -2.36. The third-order valence-corrected chi connectivity index (χ3v) is 5.45. The number of nitrogens with zero attached hydrogens (tertiary/aromatic N) is 5. The van der Waals surface area contributed by atoms with E-state index in [1.54, 1.807) is 0 Å². The van der Waals surface area contributed by atoms with Crippen LogP contribution in [0.3, 0.4) is 0 Å². The summed E-state index contributed by atoms with van der Waals surface area (Å²) in [7, 11) is 0. The van der Waals surface area contributed by atoms with Gasteiger partial charge >= 0.3 is 0 Å². The number of nitrogens with one attached hydrogen (secondary N) is 1. The summed E-state index contributed by atoms with van der Waals surface area (Å²) in [6, 6.07) is 14.1. The summed E-state index contributed by atoms with van der Waals surface area (Å²) in [6.45, 7) is 3.09. The molecule has 1 aliphatic rings. The Hall–Kier alpha value is -3.48. The fourth-order valence-corrected chi connectivity index (χ4v) is 3.93. The van der Waals surface area contributed by atoms with Crippen LogP contribution in [-0.4, -0.2) is 30.1 Å². The van der Waals surface area contributed by atoms with Crippen molar-refractivity contribution in [2.45, 2.75) is 32.9 Å². The number of aryl methyl sites for hydroxylation is 2. The van der Waals surface area contributed by atoms with Crippen molar-refractivity contribution in [3.05, 3.63) is 71.9 Å². The molecule has 0 saturated heterocycles. The quantitative estimate of drug-likeness (QED) is 0.585. The molecular weight excluding hydrogens is 364 g/mol. The molecule has 1 atom stereocenters. The summed E-state index contributed by atoms with van der Waals surface area (Å²) in [5.74, 6) is 1.74. The number of carbonyl (C=O) groups excluding carboxylic acids is 1. The largest absolute Gasteiger partial charge is 0.350 e. The summed E-state index contributed by atoms with van der Waals surface area (Å²) in [5.41, 5.74) is 3.95. The molecule has 3 aromatic heterocycles. The van der Waals surface area contributed by atoms with E-state index in [0.29, 0.717) is 13.1 Å². The minimum absolute atomic E-state index is 0.0524. The van der Waals surface area contributed by atoms with E-state index in [1.165, 1.54) is 5.56 Å². The molecule has 0 aliphatic carbocycles. The first-order valence-corrected chi connectivity index (χ1v) is 9.87. The van der Waals surface area contributed by atoms with Crippen molar-refractivity contribution in [3.8, 4) is 11.4 Å². The van der Waals surface area contributed by atoms with Crippen molar-refractivity contribution < 1.29 is 4.79 Å². The number of benzene rings is 1. The number of amides is 1. The summed E-state index contributed by atoms with van der Waals surface area (Å²) >= 11 is 0. The minimum Gasteiger partial charge on any atom is -0.350 e. The van der Waals surface area contributed by atoms with E-state index in [4.69, 9.17) is 0 Å². The van der Waals surface area contributed by atoms with Crippen LogP contribution in [0, 0.1) is 12.8 Å². The van der Waals surface area contributed by atoms with Crippen LogP contribution >= 0.6 is 0 Å². The van der Waals surface area contributed by atoms with Crippen LogP contribution < -0.4 is 5.32 Å². The number of hydrogen-bond donors (Lipinski definition) is 1. The molecule has 4 heterocycles. The summed E-state index contributed by atoms with van der Waals surface area (Å²) in [5, 5.41) is 11.8. The number of imidazole rings is 1. The van der Waals surface area contributed by atoms with Gasteiger partial charge in [0.05, 0.1) is 18.2 Å². The Labute approximate surface area is 168 Å². The maximum Gasteiger partial charge on any atom is 0.225 e. The van der Waals surface area contributed by atoms with Crippen molar-refractivity contribution in [3.63, 3.8) is 0 Å². The van der Waals surface area contributed by atoms with E-state index >= 15 is 0 Å². The first-order valence-electron chi connectivity index (χ1n) is 9.87. The number of aromatic nitrogens is 5. The highest BCUT2D eigenvalue weighted by Gasteiger charge is 2.28. The van der Waals surface area contributed by atoms with E-state index in [-0.39, 0.29) is 11.8 Å². The van der Waals surface area contributed by atoms with Gasteiger partial charge in [-0.25, -0.2) is 4.98 Å². The Balaban J connectivity index is 1.30. The standard InChI is InChI=1S/C22H22N6O/c1-15-5-4-6-16(11-15)21-26-25-20-9-8-17(13-28(20)21)22(29)23-12-18-14-27-10-3-2-7-19(27)24-18/h2-7,10-11,14,17H,8-9,12-13H2,1H3,(H,23,29). The molecule has 7 nitrogen and oxygen atoms in total. The summed E-state index contributed by atoms with van der Waals surface area (Å²) in [6.07, 6.45) is 5.44. The van der Waals surface area contributed by atoms with Crippen LogP contribution in [0.25, 0.3) is 17.0 Å². The maximum atomic E-state index is 12.8. The van der Waals surface area contributed by atoms with Gasteiger partial charge in [0.25, 0.3) is 0 Å². The monoisotopic (exact) mass is 386 g/mol. The Morgan fingerprint density at radius 3 is 3.00 bits per heavy atom. The fraction of sp³-hybridized carbons (Fsp3) is 0.273. The topological polar surface area (TPSA) is 77.1 Å². The van der Waals surface area contributed by atoms with Gasteiger partial charge in [-0.15, -0.1) is 10.2 Å². The Bertz CT molecular complexity index is 1160. The zero-order valence-electron chi connectivity index (χ0n) is 16.2. The van der Waals surface area contributed by atoms with Crippen molar-refractivity contribution in [1.82, 2.24) is 29.5 Å². The van der Waals surface area contributed by atoms with Crippen LogP contribution in [0.15, 0.2) is 54.9 Å². The first-order chi connectivity index (χ1) is 14.2. The zero-order valence-corrected chi connectivity index (χ0v) is 16.2. The lowest BCUT2D eigenvalue weighted by atomic mass is 9.98. The van der Waals surface area contributed by atoms with Gasteiger partial charge in [-0.3, -0.25) is 4.79 Å². The molecule has 7 heteroatoms. The molecule has 1 N–H and O–H groups in total. The van der Waals surface area contributed by atoms with Crippen LogP contribution in [0.2, 0.25) is 0 Å². The highest BCUT2D eigenvalue weighted by Crippen LogP contribution is 2.26. The van der Waals surface area contributed by atoms with Gasteiger partial charge in [0, 0.05) is 30.9 Å². The molecule has 0 radical (unpaired) electrons. The van der Waals surface area contributed by atoms with E-state index in [0.717, 1.165) is 41.4 Å². The van der Waals surface area contributed by atoms with Crippen LogP contribution in [0.5, 0.6) is 0 Å². The van der Waals surface area contributed by atoms with Crippen molar-refractivity contribution >= 4 is 11.6 Å². The molecule has 1 aliphatic heterocycles. The molecule has 0 saturated carbocycles. The van der Waals surface area contributed by atoms with Gasteiger partial charge in [-0.05, 0) is 31.5 Å². The number of hydrogen-bond acceptors (Lipinski definition) is 4. The Morgan fingerprint density at radius 1 is 1.21 bits per heavy atom. The van der Waals surface area contributed by atoms with Crippen molar-refractivity contribution in [1.29, 1.82) is 0 Å². The van der Waals surface area contributed by atoms with Gasteiger partial charge in [-0.2, -0.15) is 0 Å². The third kappa shape index (κ3) is 3.40. The van der Waals surface area contributed by atoms with Gasteiger partial charge in [0.15, 0.2) is 5.82 Å². The van der Waals surface area contributed by atoms with Crippen molar-refractivity contribution in [2.75, 3.05) is 0 Å². The number of carbonyl (C=O) groups is 1. The Kier molecular flexibility index (Phi) is 4.35. The first kappa shape index (κ1) is 17.6. The molecule has 146 valence electrons. The van der Waals surface area contributed by atoms with Crippen LogP contribution in [0.4, 0.5) is 0 Å². The third-order valence-electron chi connectivity index (χ3n) is 5.45. The van der Waals surface area contributed by atoms with Crippen molar-refractivity contribution in [2.24, 2.45) is 5.92 Å². The molecule has 1 unspecified atom stereocenters. The predicted octanol–water partition coefficient (Wildman–Crippen LogP) is 2.78. The molecule has 29 heavy (non-hydrogen) atoms. The van der Waals surface area contributed by atoms with Crippen LogP contribution in [-0.2, 0) is 24.3 Å². The van der Waals surface area contributed by atoms with Gasteiger partial charge in [0.2, 0.25) is 5.91 Å². The van der Waals surface area contributed by atoms with Crippen LogP contribution in [0.1, 0.15) is 23.5 Å². The molecule has 0 bridgehead atoms. The SMILES string of the molecule is Cc1cccc(-c2nnc3n2CC(C(=O)NCc2cn4ccccc4n2)CC3)c1. The molecule has 1 aromatic carbocycles. The minimum atomic E-state index is -0.0981. The second kappa shape index (κ2) is 7.16. The van der Waals surface area contributed by atoms with Gasteiger partial charge < -0.3 is 14.3 Å². The second-order valence-electron chi connectivity index (χ2n) is 7.57. The summed E-state index contributed by atoms with van der Waals surface area (Å²) in [4.78, 5) is 17.4. The van der Waals surface area contributed by atoms with E-state index in [2.05, 4.69) is 44.1 Å². The second-order valence-corrected chi connectivity index (χ2v) is 7.57. The fourth-order valence-electron chi connectivity index (χ4n) is 3.93. The molecule has 0 fully saturated rings. The lowest BCUT2D eigenvalue weighted by Gasteiger charge is -2.23. The highest BCUT2D eigenvalue weighted by atomic mass is 16.1. The lowest BCUT2D eigenvalue weighted by molar-refractivity contribution is -0.126. The zero-order chi connectivity index (χ0) is 19.8. The average Bonchev–Trinajstić information content (AvgIpc) is 3.35. The Morgan fingerprint density at radius 2 is 2.14 bits per heavy atom. The van der Waals surface area contributed by atoms with Gasteiger partial charge in [-0.1, -0.05) is 29.8 Å². The number of rotatable bonds is 4. The molecule has 4 aromatic rings. The van der Waals surface area contributed by atoms with E-state index < -0.39 is 0 Å². The number of pyridine rings is 1. The van der Waals surface area contributed by atoms with Gasteiger partial charge in [0.1, 0.15) is 11.5 Å². The van der Waals surface area contributed by atoms with E-state index in [1.807, 2.05) is 47.1 Å². The number of fused-ring (bicyclic) bond motifs is 2. The normalized spacial score (nSPS) is 16.0. The molecule has 0 spiro atoms. The van der Waals surface area contributed by atoms with E-state index in [9.17, 15) is 4.79 Å². The molecular formula is C22H22N6O. The average molecular weight is 386 g/mol. The molecule has 1 amide bonds. The maximum absolute atomic E-state index is 12.8. The summed E-state index contributed by atoms with van der Waals surface area (Å²) < 4.78 is 4.05. The highest BCUT2D eigenvalue weighted by molar-refractivity contribution is 5.78. The molecule has 5 rings (SSSR count). The smallest absolute Gasteiger partial charge is 0.225 e. The predicted molar refractivity (Wildman–Crippen MR) is 109 cm³/mol.